The Balaban J connectivity index is 1.82. The fourth-order valence-corrected chi connectivity index (χ4v) is 2.99. The van der Waals surface area contributed by atoms with Gasteiger partial charge >= 0.3 is 5.97 Å². The zero-order valence-corrected chi connectivity index (χ0v) is 13.6. The second-order valence-electron chi connectivity index (χ2n) is 5.60. The molecule has 0 atom stereocenters. The number of carbonyl (C=O) groups is 1. The lowest BCUT2D eigenvalue weighted by atomic mass is 9.91. The Morgan fingerprint density at radius 1 is 1.39 bits per heavy atom. The molecule has 122 valence electrons. The number of anilines is 1. The monoisotopic (exact) mass is 335 g/mol. The van der Waals surface area contributed by atoms with Crippen LogP contribution in [-0.2, 0) is 9.53 Å². The summed E-state index contributed by atoms with van der Waals surface area (Å²) >= 11 is 6.00. The van der Waals surface area contributed by atoms with Crippen molar-refractivity contribution in [1.82, 2.24) is 9.97 Å². The van der Waals surface area contributed by atoms with E-state index in [4.69, 9.17) is 16.3 Å². The van der Waals surface area contributed by atoms with Gasteiger partial charge in [-0.3, -0.25) is 0 Å². The number of nitrogens with zero attached hydrogens (tertiary/aromatic N) is 3. The molecule has 6 nitrogen and oxygen atoms in total. The number of rotatable bonds is 3. The molecular formula is C16H18ClN3O3. The molecule has 0 spiro atoms. The number of aromatic nitrogens is 2. The molecule has 0 unspecified atom stereocenters. The maximum atomic E-state index is 11.9. The molecule has 0 radical (unpaired) electrons. The van der Waals surface area contributed by atoms with Crippen molar-refractivity contribution >= 4 is 34.3 Å². The lowest BCUT2D eigenvalue weighted by Crippen LogP contribution is -2.50. The lowest BCUT2D eigenvalue weighted by Gasteiger charge is -2.37. The Kier molecular flexibility index (Phi) is 4.37. The number of hydrogen-bond donors (Lipinski definition) is 1. The van der Waals surface area contributed by atoms with Crippen LogP contribution in [0.2, 0.25) is 5.02 Å². The van der Waals surface area contributed by atoms with Gasteiger partial charge < -0.3 is 14.7 Å². The predicted molar refractivity (Wildman–Crippen MR) is 87.6 cm³/mol. The van der Waals surface area contributed by atoms with Gasteiger partial charge in [0.15, 0.2) is 5.60 Å². The fourth-order valence-electron chi connectivity index (χ4n) is 2.83. The van der Waals surface area contributed by atoms with Crippen LogP contribution < -0.4 is 4.90 Å². The molecule has 1 saturated heterocycles. The number of halogens is 1. The van der Waals surface area contributed by atoms with E-state index >= 15 is 0 Å². The molecule has 7 heteroatoms. The summed E-state index contributed by atoms with van der Waals surface area (Å²) in [6, 6.07) is 5.48. The van der Waals surface area contributed by atoms with Crippen LogP contribution in [0.5, 0.6) is 0 Å². The van der Waals surface area contributed by atoms with E-state index in [1.165, 1.54) is 6.33 Å². The highest BCUT2D eigenvalue weighted by atomic mass is 35.5. The zero-order chi connectivity index (χ0) is 16.4. The van der Waals surface area contributed by atoms with E-state index < -0.39 is 11.6 Å². The highest BCUT2D eigenvalue weighted by Gasteiger charge is 2.41. The Labute approximate surface area is 139 Å². The van der Waals surface area contributed by atoms with Crippen molar-refractivity contribution in [3.05, 3.63) is 29.5 Å². The van der Waals surface area contributed by atoms with Gasteiger partial charge in [0.1, 0.15) is 12.1 Å². The standard InChI is InChI=1S/C16H18ClN3O3/c1-2-23-15(21)16(22)5-7-20(8-6-16)14-12-4-3-11(17)9-13(12)18-10-19-14/h3-4,9-10,22H,2,5-8H2,1H3. The van der Waals surface area contributed by atoms with Crippen LogP contribution in [-0.4, -0.2) is 46.3 Å². The third-order valence-electron chi connectivity index (χ3n) is 4.12. The Hall–Kier alpha value is -1.92. The first-order chi connectivity index (χ1) is 11.0. The number of benzene rings is 1. The average molecular weight is 336 g/mol. The summed E-state index contributed by atoms with van der Waals surface area (Å²) in [4.78, 5) is 22.5. The minimum Gasteiger partial charge on any atom is -0.464 e. The van der Waals surface area contributed by atoms with Gasteiger partial charge in [0, 0.05) is 36.3 Å². The second-order valence-corrected chi connectivity index (χ2v) is 6.03. The van der Waals surface area contributed by atoms with Crippen LogP contribution in [0.25, 0.3) is 10.9 Å². The largest absolute Gasteiger partial charge is 0.464 e. The van der Waals surface area contributed by atoms with E-state index in [1.807, 2.05) is 11.0 Å². The maximum Gasteiger partial charge on any atom is 0.338 e. The Morgan fingerprint density at radius 3 is 2.83 bits per heavy atom. The Bertz CT molecular complexity index is 730. The average Bonchev–Trinajstić information content (AvgIpc) is 2.55. The first-order valence-electron chi connectivity index (χ1n) is 7.58. The number of carbonyl (C=O) groups excluding carboxylic acids is 1. The van der Waals surface area contributed by atoms with Gasteiger partial charge in [-0.1, -0.05) is 11.6 Å². The molecule has 1 aromatic heterocycles. The second kappa shape index (κ2) is 6.29. The molecule has 2 heterocycles. The van der Waals surface area contributed by atoms with Crippen molar-refractivity contribution in [2.24, 2.45) is 0 Å². The van der Waals surface area contributed by atoms with Crippen molar-refractivity contribution in [3.63, 3.8) is 0 Å². The topological polar surface area (TPSA) is 75.6 Å². The number of piperidine rings is 1. The smallest absolute Gasteiger partial charge is 0.338 e. The minimum absolute atomic E-state index is 0.266. The number of esters is 1. The number of hydrogen-bond acceptors (Lipinski definition) is 6. The van der Waals surface area contributed by atoms with Crippen LogP contribution in [0, 0.1) is 0 Å². The first-order valence-corrected chi connectivity index (χ1v) is 7.96. The molecule has 2 aromatic rings. The fraction of sp³-hybridized carbons (Fsp3) is 0.438. The third kappa shape index (κ3) is 3.09. The molecule has 0 aliphatic carbocycles. The molecule has 0 amide bonds. The molecule has 23 heavy (non-hydrogen) atoms. The van der Waals surface area contributed by atoms with Crippen LogP contribution in [0.3, 0.4) is 0 Å². The van der Waals surface area contributed by atoms with Crippen LogP contribution >= 0.6 is 11.6 Å². The minimum atomic E-state index is -1.40. The molecule has 1 aliphatic rings. The number of fused-ring (bicyclic) bond motifs is 1. The summed E-state index contributed by atoms with van der Waals surface area (Å²) in [5.74, 6) is 0.247. The van der Waals surface area contributed by atoms with Crippen molar-refractivity contribution in [3.8, 4) is 0 Å². The van der Waals surface area contributed by atoms with Gasteiger partial charge in [0.05, 0.1) is 12.1 Å². The quantitative estimate of drug-likeness (QED) is 0.866. The van der Waals surface area contributed by atoms with Gasteiger partial charge in [-0.2, -0.15) is 0 Å². The van der Waals surface area contributed by atoms with Crippen LogP contribution in [0.4, 0.5) is 5.82 Å². The molecule has 1 fully saturated rings. The SMILES string of the molecule is CCOC(=O)C1(O)CCN(c2ncnc3cc(Cl)ccc23)CC1. The van der Waals surface area contributed by atoms with Crippen molar-refractivity contribution < 1.29 is 14.6 Å². The highest BCUT2D eigenvalue weighted by molar-refractivity contribution is 6.31. The maximum absolute atomic E-state index is 11.9. The van der Waals surface area contributed by atoms with E-state index in [-0.39, 0.29) is 6.61 Å². The molecular weight excluding hydrogens is 318 g/mol. The molecule has 1 aromatic carbocycles. The summed E-state index contributed by atoms with van der Waals surface area (Å²) in [7, 11) is 0. The van der Waals surface area contributed by atoms with E-state index in [0.717, 1.165) is 16.7 Å². The molecule has 0 saturated carbocycles. The summed E-state index contributed by atoms with van der Waals surface area (Å²) in [5.41, 5.74) is -0.632. The molecule has 1 aliphatic heterocycles. The molecule has 1 N–H and O–H groups in total. The van der Waals surface area contributed by atoms with Gasteiger partial charge in [0.2, 0.25) is 0 Å². The van der Waals surface area contributed by atoms with Crippen LogP contribution in [0.15, 0.2) is 24.5 Å². The van der Waals surface area contributed by atoms with Gasteiger partial charge in [-0.05, 0) is 25.1 Å². The van der Waals surface area contributed by atoms with E-state index in [9.17, 15) is 9.90 Å². The summed E-state index contributed by atoms with van der Waals surface area (Å²) in [5, 5.41) is 12.0. The van der Waals surface area contributed by atoms with Crippen molar-refractivity contribution in [2.75, 3.05) is 24.6 Å². The summed E-state index contributed by atoms with van der Waals surface area (Å²) in [6.07, 6.45) is 2.12. The van der Waals surface area contributed by atoms with E-state index in [0.29, 0.717) is 31.0 Å². The normalized spacial score (nSPS) is 17.3. The van der Waals surface area contributed by atoms with Crippen LogP contribution in [0.1, 0.15) is 19.8 Å². The first kappa shape index (κ1) is 16.0. The molecule has 3 rings (SSSR count). The Morgan fingerprint density at radius 2 is 2.13 bits per heavy atom. The van der Waals surface area contributed by atoms with Gasteiger partial charge in [0.25, 0.3) is 0 Å². The van der Waals surface area contributed by atoms with Gasteiger partial charge in [-0.15, -0.1) is 0 Å². The third-order valence-corrected chi connectivity index (χ3v) is 4.36. The number of ether oxygens (including phenoxy) is 1. The highest BCUT2D eigenvalue weighted by Crippen LogP contribution is 2.30. The summed E-state index contributed by atoms with van der Waals surface area (Å²) in [6.45, 7) is 3.03. The van der Waals surface area contributed by atoms with E-state index in [2.05, 4.69) is 9.97 Å². The zero-order valence-electron chi connectivity index (χ0n) is 12.8. The lowest BCUT2D eigenvalue weighted by molar-refractivity contribution is -0.167. The predicted octanol–water partition coefficient (Wildman–Crippen LogP) is 2.18. The van der Waals surface area contributed by atoms with Gasteiger partial charge in [-0.25, -0.2) is 14.8 Å². The number of aliphatic hydroxyl groups is 1. The van der Waals surface area contributed by atoms with E-state index in [1.54, 1.807) is 19.1 Å². The summed E-state index contributed by atoms with van der Waals surface area (Å²) < 4.78 is 4.96. The molecule has 0 bridgehead atoms. The van der Waals surface area contributed by atoms with Crippen molar-refractivity contribution in [2.45, 2.75) is 25.4 Å². The van der Waals surface area contributed by atoms with Crippen molar-refractivity contribution in [1.29, 1.82) is 0 Å².